The fourth-order valence-corrected chi connectivity index (χ4v) is 1.93. The second-order valence-electron chi connectivity index (χ2n) is 4.03. The second-order valence-corrected chi connectivity index (χ2v) is 4.03. The van der Waals surface area contributed by atoms with Crippen LogP contribution in [-0.4, -0.2) is 25.6 Å². The molecule has 4 nitrogen and oxygen atoms in total. The standard InChI is InChI=1S/C13H18N2O2/c1-2-17-11-6-4-10(5-7-11)12-13(16)15-9-3-8-14-12/h4-7,12,14H,2-3,8-9H2,1H3,(H,15,16). The normalized spacial score (nSPS) is 20.5. The Labute approximate surface area is 101 Å². The molecular formula is C13H18N2O2. The molecule has 0 radical (unpaired) electrons. The number of hydrogen-bond donors (Lipinski definition) is 2. The minimum absolute atomic E-state index is 0.0478. The molecule has 1 aliphatic rings. The Morgan fingerprint density at radius 2 is 2.06 bits per heavy atom. The van der Waals surface area contributed by atoms with Crippen molar-refractivity contribution in [2.24, 2.45) is 0 Å². The van der Waals surface area contributed by atoms with Gasteiger partial charge in [-0.2, -0.15) is 0 Å². The van der Waals surface area contributed by atoms with Crippen LogP contribution in [0.25, 0.3) is 0 Å². The first kappa shape index (κ1) is 11.9. The third-order valence-electron chi connectivity index (χ3n) is 2.79. The third-order valence-corrected chi connectivity index (χ3v) is 2.79. The topological polar surface area (TPSA) is 50.4 Å². The third kappa shape index (κ3) is 2.97. The van der Waals surface area contributed by atoms with Crippen molar-refractivity contribution in [3.05, 3.63) is 29.8 Å². The summed E-state index contributed by atoms with van der Waals surface area (Å²) in [5.41, 5.74) is 0.979. The fraction of sp³-hybridized carbons (Fsp3) is 0.462. The van der Waals surface area contributed by atoms with E-state index in [1.807, 2.05) is 31.2 Å². The maximum atomic E-state index is 11.8. The minimum Gasteiger partial charge on any atom is -0.494 e. The van der Waals surface area contributed by atoms with Gasteiger partial charge in [-0.25, -0.2) is 0 Å². The monoisotopic (exact) mass is 234 g/mol. The number of hydrogen-bond acceptors (Lipinski definition) is 3. The van der Waals surface area contributed by atoms with Crippen LogP contribution in [0.5, 0.6) is 5.75 Å². The van der Waals surface area contributed by atoms with Gasteiger partial charge in [0.1, 0.15) is 11.8 Å². The summed E-state index contributed by atoms with van der Waals surface area (Å²) in [6, 6.07) is 7.44. The van der Waals surface area contributed by atoms with Gasteiger partial charge in [0.05, 0.1) is 6.61 Å². The van der Waals surface area contributed by atoms with Crippen molar-refractivity contribution in [2.75, 3.05) is 19.7 Å². The van der Waals surface area contributed by atoms with Gasteiger partial charge in [-0.15, -0.1) is 0 Å². The summed E-state index contributed by atoms with van der Waals surface area (Å²) in [6.07, 6.45) is 0.971. The van der Waals surface area contributed by atoms with E-state index in [9.17, 15) is 4.79 Å². The SMILES string of the molecule is CCOc1ccc(C2NCCCNC2=O)cc1. The number of ether oxygens (including phenoxy) is 1. The highest BCUT2D eigenvalue weighted by atomic mass is 16.5. The van der Waals surface area contributed by atoms with Crippen LogP contribution in [0.2, 0.25) is 0 Å². The largest absolute Gasteiger partial charge is 0.494 e. The van der Waals surface area contributed by atoms with E-state index in [0.29, 0.717) is 6.61 Å². The van der Waals surface area contributed by atoms with E-state index in [4.69, 9.17) is 4.74 Å². The first-order valence-corrected chi connectivity index (χ1v) is 6.05. The summed E-state index contributed by atoms with van der Waals surface area (Å²) in [7, 11) is 0. The average Bonchev–Trinajstić information content (AvgIpc) is 2.56. The predicted octanol–water partition coefficient (Wildman–Crippen LogP) is 1.24. The van der Waals surface area contributed by atoms with Gasteiger partial charge in [-0.05, 0) is 37.6 Å². The zero-order valence-electron chi connectivity index (χ0n) is 10.0. The molecule has 1 aromatic rings. The maximum absolute atomic E-state index is 11.8. The Morgan fingerprint density at radius 3 is 2.76 bits per heavy atom. The molecule has 4 heteroatoms. The molecule has 1 amide bonds. The molecule has 1 aliphatic heterocycles. The summed E-state index contributed by atoms with van der Waals surface area (Å²) < 4.78 is 5.38. The van der Waals surface area contributed by atoms with Gasteiger partial charge in [0.2, 0.25) is 5.91 Å². The molecule has 92 valence electrons. The van der Waals surface area contributed by atoms with Crippen LogP contribution < -0.4 is 15.4 Å². The molecule has 1 unspecified atom stereocenters. The van der Waals surface area contributed by atoms with Crippen LogP contribution in [0.3, 0.4) is 0 Å². The van der Waals surface area contributed by atoms with Crippen LogP contribution in [0, 0.1) is 0 Å². The molecule has 1 heterocycles. The van der Waals surface area contributed by atoms with Crippen LogP contribution >= 0.6 is 0 Å². The number of amides is 1. The number of carbonyl (C=O) groups excluding carboxylic acids is 1. The molecule has 0 spiro atoms. The van der Waals surface area contributed by atoms with Gasteiger partial charge in [0.25, 0.3) is 0 Å². The first-order valence-electron chi connectivity index (χ1n) is 6.05. The van der Waals surface area contributed by atoms with Crippen LogP contribution in [0.15, 0.2) is 24.3 Å². The maximum Gasteiger partial charge on any atom is 0.241 e. The summed E-state index contributed by atoms with van der Waals surface area (Å²) in [4.78, 5) is 11.8. The van der Waals surface area contributed by atoms with Gasteiger partial charge >= 0.3 is 0 Å². The Kier molecular flexibility index (Phi) is 3.98. The van der Waals surface area contributed by atoms with Crippen molar-refractivity contribution in [1.29, 1.82) is 0 Å². The summed E-state index contributed by atoms with van der Waals surface area (Å²) in [6.45, 7) is 4.21. The lowest BCUT2D eigenvalue weighted by Gasteiger charge is -2.15. The molecule has 0 aromatic heterocycles. The number of nitrogens with one attached hydrogen (secondary N) is 2. The van der Waals surface area contributed by atoms with E-state index in [1.54, 1.807) is 0 Å². The summed E-state index contributed by atoms with van der Waals surface area (Å²) in [5, 5.41) is 6.15. The minimum atomic E-state index is -0.242. The Morgan fingerprint density at radius 1 is 1.29 bits per heavy atom. The second kappa shape index (κ2) is 5.68. The molecular weight excluding hydrogens is 216 g/mol. The summed E-state index contributed by atoms with van der Waals surface area (Å²) >= 11 is 0. The van der Waals surface area contributed by atoms with Crippen LogP contribution in [-0.2, 0) is 4.79 Å². The van der Waals surface area contributed by atoms with Crippen molar-refractivity contribution in [3.8, 4) is 5.75 Å². The molecule has 0 bridgehead atoms. The molecule has 0 saturated carbocycles. The van der Waals surface area contributed by atoms with Crippen LogP contribution in [0.1, 0.15) is 24.9 Å². The molecule has 1 atom stereocenters. The smallest absolute Gasteiger partial charge is 0.241 e. The van der Waals surface area contributed by atoms with E-state index in [2.05, 4.69) is 10.6 Å². The number of benzene rings is 1. The molecule has 1 saturated heterocycles. The van der Waals surface area contributed by atoms with Gasteiger partial charge in [-0.3, -0.25) is 4.79 Å². The first-order chi connectivity index (χ1) is 8.31. The van der Waals surface area contributed by atoms with E-state index >= 15 is 0 Å². The highest BCUT2D eigenvalue weighted by Crippen LogP contribution is 2.19. The lowest BCUT2D eigenvalue weighted by molar-refractivity contribution is -0.122. The van der Waals surface area contributed by atoms with Gasteiger partial charge in [0, 0.05) is 6.54 Å². The van der Waals surface area contributed by atoms with E-state index < -0.39 is 0 Å². The quantitative estimate of drug-likeness (QED) is 0.827. The van der Waals surface area contributed by atoms with Crippen molar-refractivity contribution >= 4 is 5.91 Å². The van der Waals surface area contributed by atoms with Gasteiger partial charge in [-0.1, -0.05) is 12.1 Å². The van der Waals surface area contributed by atoms with Crippen molar-refractivity contribution < 1.29 is 9.53 Å². The number of rotatable bonds is 3. The van der Waals surface area contributed by atoms with Crippen molar-refractivity contribution in [2.45, 2.75) is 19.4 Å². The van der Waals surface area contributed by atoms with Gasteiger partial charge < -0.3 is 15.4 Å². The zero-order valence-corrected chi connectivity index (χ0v) is 10.0. The molecule has 1 aromatic carbocycles. The Hall–Kier alpha value is -1.55. The average molecular weight is 234 g/mol. The van der Waals surface area contributed by atoms with E-state index in [0.717, 1.165) is 30.8 Å². The summed E-state index contributed by atoms with van der Waals surface area (Å²) in [5.74, 6) is 0.886. The molecule has 2 rings (SSSR count). The fourth-order valence-electron chi connectivity index (χ4n) is 1.93. The number of carbonyl (C=O) groups is 1. The highest BCUT2D eigenvalue weighted by Gasteiger charge is 2.21. The molecule has 0 aliphatic carbocycles. The Balaban J connectivity index is 2.12. The van der Waals surface area contributed by atoms with Crippen LogP contribution in [0.4, 0.5) is 0 Å². The predicted molar refractivity (Wildman–Crippen MR) is 66.0 cm³/mol. The van der Waals surface area contributed by atoms with Crippen molar-refractivity contribution in [3.63, 3.8) is 0 Å². The van der Waals surface area contributed by atoms with E-state index in [-0.39, 0.29) is 11.9 Å². The lowest BCUT2D eigenvalue weighted by Crippen LogP contribution is -2.33. The molecule has 1 fully saturated rings. The van der Waals surface area contributed by atoms with Crippen molar-refractivity contribution in [1.82, 2.24) is 10.6 Å². The highest BCUT2D eigenvalue weighted by molar-refractivity contribution is 5.83. The van der Waals surface area contributed by atoms with E-state index in [1.165, 1.54) is 0 Å². The molecule has 2 N–H and O–H groups in total. The van der Waals surface area contributed by atoms with Gasteiger partial charge in [0.15, 0.2) is 0 Å². The molecule has 17 heavy (non-hydrogen) atoms. The zero-order chi connectivity index (χ0) is 12.1. The lowest BCUT2D eigenvalue weighted by atomic mass is 10.1. The Bertz CT molecular complexity index is 376.